The Balaban J connectivity index is 3.09. The number of rotatable bonds is 5. The second kappa shape index (κ2) is 6.39. The minimum Gasteiger partial charge on any atom is -0.296 e. The maximum Gasteiger partial charge on any atom is 0.105 e. The quantitative estimate of drug-likeness (QED) is 0.565. The van der Waals surface area contributed by atoms with Crippen molar-refractivity contribution in [3.8, 4) is 0 Å². The molecule has 0 aromatic heterocycles. The van der Waals surface area contributed by atoms with Crippen molar-refractivity contribution in [3.05, 3.63) is 0 Å². The second-order valence-corrected chi connectivity index (χ2v) is 3.04. The van der Waals surface area contributed by atoms with Crippen molar-refractivity contribution < 1.29 is 0 Å². The van der Waals surface area contributed by atoms with Gasteiger partial charge < -0.3 is 0 Å². The van der Waals surface area contributed by atoms with Gasteiger partial charge in [0.2, 0.25) is 0 Å². The number of hydrogen-bond acceptors (Lipinski definition) is 3. The molecule has 2 N–H and O–H groups in total. The van der Waals surface area contributed by atoms with E-state index in [-0.39, 0.29) is 0 Å². The minimum atomic E-state index is 0.421. The van der Waals surface area contributed by atoms with Crippen LogP contribution in [-0.4, -0.2) is 25.3 Å². The van der Waals surface area contributed by atoms with E-state index in [0.717, 1.165) is 0 Å². The maximum atomic E-state index is 3.14. The predicted molar refractivity (Wildman–Crippen MR) is 44.7 cm³/mol. The third kappa shape index (κ3) is 4.75. The summed E-state index contributed by atoms with van der Waals surface area (Å²) in [5, 5.41) is 6.28. The van der Waals surface area contributed by atoms with Crippen molar-refractivity contribution in [2.75, 3.05) is 19.8 Å². The molecule has 0 atom stereocenters. The van der Waals surface area contributed by atoms with Crippen molar-refractivity contribution in [1.82, 2.24) is 10.6 Å². The Labute approximate surface area is 61.8 Å². The highest BCUT2D eigenvalue weighted by molar-refractivity contribution is 7.99. The Kier molecular flexibility index (Phi) is 6.58. The molecule has 0 unspecified atom stereocenters. The van der Waals surface area contributed by atoms with Gasteiger partial charge in [-0.15, -0.1) is 11.8 Å². The molecule has 0 fully saturated rings. The van der Waals surface area contributed by atoms with Crippen molar-refractivity contribution in [2.45, 2.75) is 18.8 Å². The fraction of sp³-hybridized carbons (Fsp3) is 1.00. The molecule has 0 aromatic carbocycles. The zero-order valence-corrected chi connectivity index (χ0v) is 7.22. The van der Waals surface area contributed by atoms with E-state index in [0.29, 0.717) is 5.50 Å². The minimum absolute atomic E-state index is 0.421. The lowest BCUT2D eigenvalue weighted by atomic mass is 10.6. The summed E-state index contributed by atoms with van der Waals surface area (Å²) in [6.45, 7) is 2.19. The van der Waals surface area contributed by atoms with Crippen LogP contribution in [0.4, 0.5) is 0 Å². The summed E-state index contributed by atoms with van der Waals surface area (Å²) in [4.78, 5) is 0. The number of thioether (sulfide) groups is 1. The zero-order chi connectivity index (χ0) is 7.11. The van der Waals surface area contributed by atoms with E-state index in [2.05, 4.69) is 17.6 Å². The van der Waals surface area contributed by atoms with Crippen LogP contribution in [0.3, 0.4) is 0 Å². The molecule has 0 aromatic rings. The first-order chi connectivity index (χ1) is 4.35. The summed E-state index contributed by atoms with van der Waals surface area (Å²) in [5.74, 6) is 1.21. The first-order valence-electron chi connectivity index (χ1n) is 3.31. The summed E-state index contributed by atoms with van der Waals surface area (Å²) >= 11 is 1.90. The van der Waals surface area contributed by atoms with Gasteiger partial charge >= 0.3 is 0 Å². The molecule has 9 heavy (non-hydrogen) atoms. The van der Waals surface area contributed by atoms with Crippen LogP contribution in [0.2, 0.25) is 0 Å². The number of hydrogen-bond donors (Lipinski definition) is 2. The van der Waals surface area contributed by atoms with E-state index in [4.69, 9.17) is 0 Å². The fourth-order valence-electron chi connectivity index (χ4n) is 0.547. The Morgan fingerprint density at radius 1 is 1.33 bits per heavy atom. The van der Waals surface area contributed by atoms with Crippen LogP contribution in [0.25, 0.3) is 0 Å². The number of nitrogens with one attached hydrogen (secondary N) is 2. The molecule has 0 aliphatic heterocycles. The van der Waals surface area contributed by atoms with Gasteiger partial charge in [0.05, 0.1) is 0 Å². The van der Waals surface area contributed by atoms with Gasteiger partial charge in [-0.1, -0.05) is 6.92 Å². The maximum absolute atomic E-state index is 3.14. The zero-order valence-electron chi connectivity index (χ0n) is 6.40. The highest BCUT2D eigenvalue weighted by Gasteiger charge is 1.98. The summed E-state index contributed by atoms with van der Waals surface area (Å²) < 4.78 is 0. The van der Waals surface area contributed by atoms with Gasteiger partial charge in [0, 0.05) is 0 Å². The molecule has 0 radical (unpaired) electrons. The molecule has 2 nitrogen and oxygen atoms in total. The average molecular weight is 148 g/mol. The molecule has 0 saturated heterocycles. The van der Waals surface area contributed by atoms with Crippen molar-refractivity contribution >= 4 is 11.8 Å². The van der Waals surface area contributed by atoms with Crippen molar-refractivity contribution in [1.29, 1.82) is 0 Å². The van der Waals surface area contributed by atoms with Crippen LogP contribution in [0.5, 0.6) is 0 Å². The topological polar surface area (TPSA) is 24.1 Å². The van der Waals surface area contributed by atoms with Gasteiger partial charge in [0.15, 0.2) is 0 Å². The highest BCUT2D eigenvalue weighted by atomic mass is 32.2. The van der Waals surface area contributed by atoms with Gasteiger partial charge in [0.1, 0.15) is 5.50 Å². The third-order valence-corrected chi connectivity index (χ3v) is 2.46. The van der Waals surface area contributed by atoms with E-state index < -0.39 is 0 Å². The molecular weight excluding hydrogens is 132 g/mol. The van der Waals surface area contributed by atoms with E-state index in [1.165, 1.54) is 12.2 Å². The molecule has 0 rings (SSSR count). The molecule has 0 spiro atoms. The fourth-order valence-corrected chi connectivity index (χ4v) is 1.35. The average Bonchev–Trinajstić information content (AvgIpc) is 1.91. The van der Waals surface area contributed by atoms with Gasteiger partial charge in [-0.25, -0.2) is 0 Å². The Morgan fingerprint density at radius 2 is 1.89 bits per heavy atom. The van der Waals surface area contributed by atoms with Gasteiger partial charge in [-0.2, -0.15) is 0 Å². The Bertz CT molecular complexity index is 55.0. The summed E-state index contributed by atoms with van der Waals surface area (Å²) in [6.07, 6.45) is 1.24. The molecule has 0 saturated carbocycles. The van der Waals surface area contributed by atoms with Crippen LogP contribution < -0.4 is 10.6 Å². The summed E-state index contributed by atoms with van der Waals surface area (Å²) in [6, 6.07) is 0. The lowest BCUT2D eigenvalue weighted by Crippen LogP contribution is -2.34. The van der Waals surface area contributed by atoms with Gasteiger partial charge in [-0.05, 0) is 26.3 Å². The molecule has 0 bridgehead atoms. The first-order valence-corrected chi connectivity index (χ1v) is 4.36. The lowest BCUT2D eigenvalue weighted by molar-refractivity contribution is 0.654. The van der Waals surface area contributed by atoms with Crippen molar-refractivity contribution in [2.24, 2.45) is 0 Å². The first kappa shape index (κ1) is 9.27. The van der Waals surface area contributed by atoms with E-state index in [9.17, 15) is 0 Å². The highest BCUT2D eigenvalue weighted by Crippen LogP contribution is 2.04. The third-order valence-electron chi connectivity index (χ3n) is 1.01. The summed E-state index contributed by atoms with van der Waals surface area (Å²) in [7, 11) is 3.92. The second-order valence-electron chi connectivity index (χ2n) is 1.83. The Morgan fingerprint density at radius 3 is 2.22 bits per heavy atom. The lowest BCUT2D eigenvalue weighted by Gasteiger charge is -2.12. The molecule has 3 heteroatoms. The van der Waals surface area contributed by atoms with Gasteiger partial charge in [-0.3, -0.25) is 10.6 Å². The normalized spacial score (nSPS) is 10.7. The molecule has 0 aliphatic carbocycles. The molecule has 0 aliphatic rings. The predicted octanol–water partition coefficient (Wildman–Crippen LogP) is 0.852. The largest absolute Gasteiger partial charge is 0.296 e. The van der Waals surface area contributed by atoms with E-state index >= 15 is 0 Å². The van der Waals surface area contributed by atoms with Crippen LogP contribution in [0.1, 0.15) is 13.3 Å². The molecule has 56 valence electrons. The molecule has 0 amide bonds. The molecular formula is C6H16N2S. The van der Waals surface area contributed by atoms with Crippen molar-refractivity contribution in [3.63, 3.8) is 0 Å². The van der Waals surface area contributed by atoms with E-state index in [1.807, 2.05) is 25.9 Å². The van der Waals surface area contributed by atoms with Gasteiger partial charge in [0.25, 0.3) is 0 Å². The summed E-state index contributed by atoms with van der Waals surface area (Å²) in [5.41, 5.74) is 0.421. The SMILES string of the molecule is CCCSC(NC)NC. The standard InChI is InChI=1S/C6H16N2S/c1-4-5-9-6(7-2)8-3/h6-8H,4-5H2,1-3H3. The van der Waals surface area contributed by atoms with Crippen LogP contribution in [0.15, 0.2) is 0 Å². The van der Waals surface area contributed by atoms with Crippen LogP contribution in [-0.2, 0) is 0 Å². The Hall–Kier alpha value is 0.270. The monoisotopic (exact) mass is 148 g/mol. The van der Waals surface area contributed by atoms with Crippen LogP contribution >= 0.6 is 11.8 Å². The smallest absolute Gasteiger partial charge is 0.105 e. The molecule has 0 heterocycles. The van der Waals surface area contributed by atoms with E-state index in [1.54, 1.807) is 0 Å². The van der Waals surface area contributed by atoms with Crippen LogP contribution in [0, 0.1) is 0 Å².